The molecule has 9 nitrogen and oxygen atoms in total. The molecule has 3 aromatic heterocycles. The molecule has 9 heteroatoms. The van der Waals surface area contributed by atoms with E-state index in [4.69, 9.17) is 13.9 Å². The first-order chi connectivity index (χ1) is 13.5. The number of fused-ring (bicyclic) bond motifs is 1. The number of carbonyl (C=O) groups is 2. The summed E-state index contributed by atoms with van der Waals surface area (Å²) in [5.74, 6) is 0.578. The Labute approximate surface area is 161 Å². The van der Waals surface area contributed by atoms with Gasteiger partial charge in [0.2, 0.25) is 0 Å². The fourth-order valence-corrected chi connectivity index (χ4v) is 2.85. The van der Waals surface area contributed by atoms with E-state index in [0.29, 0.717) is 47.1 Å². The average molecular weight is 386 g/mol. The number of nitrogens with one attached hydrogen (secondary N) is 1. The van der Waals surface area contributed by atoms with Crippen LogP contribution in [0.4, 0.5) is 5.69 Å². The largest absolute Gasteiger partial charge is 0.467 e. The molecule has 3 rings (SSSR count). The molecular weight excluding hydrogens is 364 g/mol. The number of pyridine rings is 1. The lowest BCUT2D eigenvalue weighted by Crippen LogP contribution is -2.12. The molecule has 0 aliphatic heterocycles. The van der Waals surface area contributed by atoms with E-state index >= 15 is 0 Å². The van der Waals surface area contributed by atoms with Crippen LogP contribution < -0.4 is 5.32 Å². The number of rotatable bonds is 8. The van der Waals surface area contributed by atoms with Gasteiger partial charge in [0.15, 0.2) is 5.65 Å². The molecule has 0 atom stereocenters. The Balaban J connectivity index is 1.99. The number of aryl methyl sites for hydroxylation is 1. The maximum absolute atomic E-state index is 12.4. The van der Waals surface area contributed by atoms with Crippen molar-refractivity contribution in [3.63, 3.8) is 0 Å². The summed E-state index contributed by atoms with van der Waals surface area (Å²) in [5.41, 5.74) is 1.94. The van der Waals surface area contributed by atoms with Crippen molar-refractivity contribution in [2.75, 3.05) is 18.5 Å². The summed E-state index contributed by atoms with van der Waals surface area (Å²) < 4.78 is 17.4. The maximum Gasteiger partial charge on any atom is 0.341 e. The summed E-state index contributed by atoms with van der Waals surface area (Å²) in [6.45, 7) is 6.18. The zero-order valence-corrected chi connectivity index (χ0v) is 16.0. The molecule has 0 spiro atoms. The molecule has 28 heavy (non-hydrogen) atoms. The Morgan fingerprint density at radius 1 is 1.32 bits per heavy atom. The summed E-state index contributed by atoms with van der Waals surface area (Å²) in [6, 6.07) is 3.62. The third-order valence-electron chi connectivity index (χ3n) is 4.09. The van der Waals surface area contributed by atoms with E-state index in [0.717, 1.165) is 0 Å². The van der Waals surface area contributed by atoms with Crippen LogP contribution in [-0.4, -0.2) is 39.7 Å². The minimum Gasteiger partial charge on any atom is -0.467 e. The third kappa shape index (κ3) is 4.13. The Hall–Kier alpha value is -3.36. The van der Waals surface area contributed by atoms with Crippen molar-refractivity contribution in [2.45, 2.75) is 33.9 Å². The number of ether oxygens (including phenoxy) is 2. The minimum absolute atomic E-state index is 0.206. The second-order valence-electron chi connectivity index (χ2n) is 6.02. The van der Waals surface area contributed by atoms with Crippen molar-refractivity contribution in [2.24, 2.45) is 0 Å². The lowest BCUT2D eigenvalue weighted by molar-refractivity contribution is -0.141. The summed E-state index contributed by atoms with van der Waals surface area (Å²) in [5, 5.41) is 3.22. The van der Waals surface area contributed by atoms with Gasteiger partial charge in [-0.25, -0.2) is 14.8 Å². The molecule has 0 bridgehead atoms. The molecule has 148 valence electrons. The first-order valence-corrected chi connectivity index (χ1v) is 8.93. The van der Waals surface area contributed by atoms with Gasteiger partial charge in [-0.1, -0.05) is 0 Å². The van der Waals surface area contributed by atoms with Crippen molar-refractivity contribution in [1.29, 1.82) is 0 Å². The Bertz CT molecular complexity index is 978. The molecule has 0 aromatic carbocycles. The van der Waals surface area contributed by atoms with E-state index in [-0.39, 0.29) is 19.2 Å². The predicted octanol–water partition coefficient (Wildman–Crippen LogP) is 2.68. The van der Waals surface area contributed by atoms with Crippen LogP contribution >= 0.6 is 0 Å². The monoisotopic (exact) mass is 386 g/mol. The number of anilines is 1. The molecule has 0 fully saturated rings. The predicted molar refractivity (Wildman–Crippen MR) is 101 cm³/mol. The van der Waals surface area contributed by atoms with Gasteiger partial charge in [-0.15, -0.1) is 0 Å². The number of nitrogens with zero attached hydrogens (tertiary/aromatic N) is 3. The van der Waals surface area contributed by atoms with E-state index in [1.807, 2.05) is 17.6 Å². The lowest BCUT2D eigenvalue weighted by Gasteiger charge is -2.12. The fraction of sp³-hybridized carbons (Fsp3) is 0.368. The van der Waals surface area contributed by atoms with Crippen LogP contribution in [0.5, 0.6) is 0 Å². The van der Waals surface area contributed by atoms with Crippen molar-refractivity contribution < 1.29 is 23.5 Å². The van der Waals surface area contributed by atoms with E-state index in [1.54, 1.807) is 19.3 Å². The van der Waals surface area contributed by atoms with Gasteiger partial charge >= 0.3 is 11.9 Å². The zero-order chi connectivity index (χ0) is 20.1. The molecule has 3 heterocycles. The Kier molecular flexibility index (Phi) is 5.93. The number of hydrogen-bond donors (Lipinski definition) is 1. The van der Waals surface area contributed by atoms with E-state index in [2.05, 4.69) is 15.3 Å². The fourth-order valence-electron chi connectivity index (χ4n) is 2.85. The van der Waals surface area contributed by atoms with Gasteiger partial charge in [0, 0.05) is 13.1 Å². The molecule has 0 amide bonds. The molecule has 0 unspecified atom stereocenters. The first-order valence-electron chi connectivity index (χ1n) is 8.93. The second-order valence-corrected chi connectivity index (χ2v) is 6.02. The van der Waals surface area contributed by atoms with Crippen LogP contribution in [-0.2, 0) is 27.4 Å². The lowest BCUT2D eigenvalue weighted by atomic mass is 10.2. The van der Waals surface area contributed by atoms with Gasteiger partial charge in [0.05, 0.1) is 31.6 Å². The van der Waals surface area contributed by atoms with Gasteiger partial charge in [-0.3, -0.25) is 4.79 Å². The molecule has 3 aromatic rings. The van der Waals surface area contributed by atoms with Crippen LogP contribution in [0.2, 0.25) is 0 Å². The molecule has 0 radical (unpaired) electrons. The zero-order valence-electron chi connectivity index (χ0n) is 16.0. The number of hydrogen-bond acceptors (Lipinski definition) is 8. The SMILES string of the molecule is CCOC(=O)c1cnc2c(nc(C)n2CCOC(C)=O)c1NCc1ccco1. The Morgan fingerprint density at radius 2 is 2.14 bits per heavy atom. The highest BCUT2D eigenvalue weighted by atomic mass is 16.5. The van der Waals surface area contributed by atoms with E-state index < -0.39 is 5.97 Å². The van der Waals surface area contributed by atoms with Crippen LogP contribution in [0.3, 0.4) is 0 Å². The van der Waals surface area contributed by atoms with Gasteiger partial charge in [0.25, 0.3) is 0 Å². The molecule has 0 aliphatic carbocycles. The molecule has 0 saturated heterocycles. The number of esters is 2. The summed E-state index contributed by atoms with van der Waals surface area (Å²) >= 11 is 0. The number of carbonyl (C=O) groups excluding carboxylic acids is 2. The normalized spacial score (nSPS) is 10.8. The van der Waals surface area contributed by atoms with Crippen LogP contribution in [0.1, 0.15) is 35.8 Å². The summed E-state index contributed by atoms with van der Waals surface area (Å²) in [4.78, 5) is 32.4. The number of furan rings is 1. The highest BCUT2D eigenvalue weighted by molar-refractivity contribution is 6.03. The standard InChI is InChI=1S/C19H22N4O5/c1-4-26-19(25)15-11-21-18-17(16(15)20-10-14-6-5-8-28-14)22-12(2)23(18)7-9-27-13(3)24/h5-6,8,11H,4,7,9-10H2,1-3H3,(H,20,21). The van der Waals surface area contributed by atoms with Gasteiger partial charge in [-0.05, 0) is 26.0 Å². The summed E-state index contributed by atoms with van der Waals surface area (Å²) in [7, 11) is 0. The number of aromatic nitrogens is 3. The van der Waals surface area contributed by atoms with Crippen molar-refractivity contribution in [1.82, 2.24) is 14.5 Å². The van der Waals surface area contributed by atoms with E-state index in [9.17, 15) is 9.59 Å². The first kappa shape index (κ1) is 19.4. The Morgan fingerprint density at radius 3 is 2.82 bits per heavy atom. The smallest absolute Gasteiger partial charge is 0.341 e. The third-order valence-corrected chi connectivity index (χ3v) is 4.09. The topological polar surface area (TPSA) is 108 Å². The van der Waals surface area contributed by atoms with Crippen molar-refractivity contribution in [3.8, 4) is 0 Å². The van der Waals surface area contributed by atoms with Gasteiger partial charge < -0.3 is 23.8 Å². The second kappa shape index (κ2) is 8.55. The molecule has 0 saturated carbocycles. The maximum atomic E-state index is 12.4. The highest BCUT2D eigenvalue weighted by Crippen LogP contribution is 2.27. The van der Waals surface area contributed by atoms with Crippen LogP contribution in [0.25, 0.3) is 11.2 Å². The van der Waals surface area contributed by atoms with Crippen molar-refractivity contribution in [3.05, 3.63) is 41.7 Å². The molecule has 0 aliphatic rings. The van der Waals surface area contributed by atoms with Crippen molar-refractivity contribution >= 4 is 28.8 Å². The van der Waals surface area contributed by atoms with Gasteiger partial charge in [0.1, 0.15) is 29.3 Å². The quantitative estimate of drug-likeness (QED) is 0.589. The minimum atomic E-state index is -0.481. The molecular formula is C19H22N4O5. The van der Waals surface area contributed by atoms with Crippen LogP contribution in [0, 0.1) is 6.92 Å². The number of imidazole rings is 1. The average Bonchev–Trinajstić information content (AvgIpc) is 3.27. The summed E-state index contributed by atoms with van der Waals surface area (Å²) in [6.07, 6.45) is 3.05. The van der Waals surface area contributed by atoms with Gasteiger partial charge in [-0.2, -0.15) is 0 Å². The van der Waals surface area contributed by atoms with Crippen LogP contribution in [0.15, 0.2) is 29.0 Å². The highest BCUT2D eigenvalue weighted by Gasteiger charge is 2.21. The molecule has 1 N–H and O–H groups in total. The van der Waals surface area contributed by atoms with E-state index in [1.165, 1.54) is 13.1 Å².